The lowest BCUT2D eigenvalue weighted by Crippen LogP contribution is -2.40. The molecule has 2 rings (SSSR count). The summed E-state index contributed by atoms with van der Waals surface area (Å²) >= 11 is 5.40. The average molecular weight is 313 g/mol. The smallest absolute Gasteiger partial charge is 0.168 e. The summed E-state index contributed by atoms with van der Waals surface area (Å²) in [7, 11) is 0. The number of anilines is 1. The molecule has 0 amide bonds. The van der Waals surface area contributed by atoms with E-state index >= 15 is 0 Å². The molecule has 22 heavy (non-hydrogen) atoms. The van der Waals surface area contributed by atoms with E-state index < -0.39 is 0 Å². The summed E-state index contributed by atoms with van der Waals surface area (Å²) < 4.78 is 0. The SMILES string of the molecule is CCCCNC(=S)NC(Nc1ccccc1)c1ccccc1. The minimum atomic E-state index is -0.0646. The Bertz CT molecular complexity index is 557. The van der Waals surface area contributed by atoms with Crippen molar-refractivity contribution in [2.45, 2.75) is 25.9 Å². The van der Waals surface area contributed by atoms with Gasteiger partial charge in [0.15, 0.2) is 5.11 Å². The minimum absolute atomic E-state index is 0.0646. The zero-order valence-electron chi connectivity index (χ0n) is 12.9. The summed E-state index contributed by atoms with van der Waals surface area (Å²) in [6, 6.07) is 20.4. The van der Waals surface area contributed by atoms with E-state index in [4.69, 9.17) is 12.2 Å². The maximum Gasteiger partial charge on any atom is 0.168 e. The van der Waals surface area contributed by atoms with E-state index in [1.165, 1.54) is 0 Å². The van der Waals surface area contributed by atoms with Crippen molar-refractivity contribution in [3.63, 3.8) is 0 Å². The third-order valence-electron chi connectivity index (χ3n) is 3.31. The fraction of sp³-hybridized carbons (Fsp3) is 0.278. The molecule has 0 aliphatic carbocycles. The largest absolute Gasteiger partial charge is 0.363 e. The van der Waals surface area contributed by atoms with Crippen LogP contribution in [0.3, 0.4) is 0 Å². The van der Waals surface area contributed by atoms with Crippen LogP contribution in [0.2, 0.25) is 0 Å². The topological polar surface area (TPSA) is 36.1 Å². The molecule has 2 aromatic rings. The van der Waals surface area contributed by atoms with Gasteiger partial charge in [0, 0.05) is 12.2 Å². The zero-order chi connectivity index (χ0) is 15.6. The molecule has 3 N–H and O–H groups in total. The Morgan fingerprint density at radius 1 is 1.00 bits per heavy atom. The highest BCUT2D eigenvalue weighted by Crippen LogP contribution is 2.17. The first-order valence-electron chi connectivity index (χ1n) is 7.70. The van der Waals surface area contributed by atoms with Gasteiger partial charge in [-0.3, -0.25) is 0 Å². The van der Waals surface area contributed by atoms with Gasteiger partial charge in [0.25, 0.3) is 0 Å². The fourth-order valence-electron chi connectivity index (χ4n) is 2.11. The van der Waals surface area contributed by atoms with Crippen molar-refractivity contribution in [1.29, 1.82) is 0 Å². The highest BCUT2D eigenvalue weighted by Gasteiger charge is 2.11. The third-order valence-corrected chi connectivity index (χ3v) is 3.57. The second-order valence-corrected chi connectivity index (χ2v) is 5.52. The van der Waals surface area contributed by atoms with Gasteiger partial charge in [-0.2, -0.15) is 0 Å². The summed E-state index contributed by atoms with van der Waals surface area (Å²) in [4.78, 5) is 0. The lowest BCUT2D eigenvalue weighted by Gasteiger charge is -2.23. The normalized spacial score (nSPS) is 11.5. The van der Waals surface area contributed by atoms with Gasteiger partial charge in [-0.05, 0) is 36.3 Å². The highest BCUT2D eigenvalue weighted by molar-refractivity contribution is 7.80. The standard InChI is InChI=1S/C18H23N3S/c1-2-3-14-19-18(22)21-17(15-10-6-4-7-11-15)20-16-12-8-5-9-13-16/h4-13,17,20H,2-3,14H2,1H3,(H2,19,21,22). The predicted molar refractivity (Wildman–Crippen MR) is 97.9 cm³/mol. The van der Waals surface area contributed by atoms with Crippen LogP contribution >= 0.6 is 12.2 Å². The molecule has 0 aromatic heterocycles. The Balaban J connectivity index is 2.04. The van der Waals surface area contributed by atoms with E-state index in [-0.39, 0.29) is 6.17 Å². The molecule has 1 unspecified atom stereocenters. The van der Waals surface area contributed by atoms with Crippen LogP contribution in [-0.2, 0) is 0 Å². The van der Waals surface area contributed by atoms with Crippen LogP contribution in [-0.4, -0.2) is 11.7 Å². The van der Waals surface area contributed by atoms with Crippen LogP contribution in [0.4, 0.5) is 5.69 Å². The summed E-state index contributed by atoms with van der Waals surface area (Å²) in [6.45, 7) is 3.07. The minimum Gasteiger partial charge on any atom is -0.363 e. The van der Waals surface area contributed by atoms with E-state index in [1.54, 1.807) is 0 Å². The number of nitrogens with one attached hydrogen (secondary N) is 3. The van der Waals surface area contributed by atoms with E-state index in [9.17, 15) is 0 Å². The van der Waals surface area contributed by atoms with Crippen molar-refractivity contribution in [2.75, 3.05) is 11.9 Å². The van der Waals surface area contributed by atoms with Crippen molar-refractivity contribution in [1.82, 2.24) is 10.6 Å². The molecule has 0 bridgehead atoms. The summed E-state index contributed by atoms with van der Waals surface area (Å²) in [6.07, 6.45) is 2.20. The molecule has 0 heterocycles. The maximum atomic E-state index is 5.40. The molecule has 0 saturated heterocycles. The number of thiocarbonyl (C=S) groups is 1. The first kappa shape index (κ1) is 16.3. The maximum absolute atomic E-state index is 5.40. The van der Waals surface area contributed by atoms with Gasteiger partial charge < -0.3 is 16.0 Å². The Labute approximate surface area is 138 Å². The molecule has 0 aliphatic rings. The van der Waals surface area contributed by atoms with E-state index in [0.717, 1.165) is 30.6 Å². The number of unbranched alkanes of at least 4 members (excludes halogenated alkanes) is 1. The van der Waals surface area contributed by atoms with Crippen LogP contribution in [0, 0.1) is 0 Å². The zero-order valence-corrected chi connectivity index (χ0v) is 13.7. The Morgan fingerprint density at radius 2 is 1.64 bits per heavy atom. The van der Waals surface area contributed by atoms with Gasteiger partial charge in [-0.15, -0.1) is 0 Å². The molecule has 0 fully saturated rings. The van der Waals surface area contributed by atoms with Gasteiger partial charge in [-0.25, -0.2) is 0 Å². The van der Waals surface area contributed by atoms with Crippen molar-refractivity contribution in [2.24, 2.45) is 0 Å². The molecule has 0 radical (unpaired) electrons. The quantitative estimate of drug-likeness (QED) is 0.409. The molecule has 2 aromatic carbocycles. The third kappa shape index (κ3) is 5.37. The summed E-state index contributed by atoms with van der Waals surface area (Å²) in [5, 5.41) is 10.7. The molecule has 3 nitrogen and oxygen atoms in total. The molecular formula is C18H23N3S. The van der Waals surface area contributed by atoms with Gasteiger partial charge in [-0.1, -0.05) is 61.9 Å². The van der Waals surface area contributed by atoms with Crippen molar-refractivity contribution >= 4 is 23.0 Å². The Kier molecular flexibility index (Phi) is 6.71. The molecule has 1 atom stereocenters. The average Bonchev–Trinajstić information content (AvgIpc) is 2.56. The van der Waals surface area contributed by atoms with Gasteiger partial charge in [0.1, 0.15) is 6.17 Å². The van der Waals surface area contributed by atoms with Crippen molar-refractivity contribution in [3.05, 3.63) is 66.2 Å². The predicted octanol–water partition coefficient (Wildman–Crippen LogP) is 4.06. The fourth-order valence-corrected chi connectivity index (χ4v) is 2.33. The van der Waals surface area contributed by atoms with E-state index in [2.05, 4.69) is 35.0 Å². The Hall–Kier alpha value is -2.07. The van der Waals surface area contributed by atoms with Crippen LogP contribution in [0.1, 0.15) is 31.5 Å². The first-order valence-corrected chi connectivity index (χ1v) is 8.11. The number of rotatable bonds is 7. The van der Waals surface area contributed by atoms with E-state index in [0.29, 0.717) is 5.11 Å². The molecule has 0 saturated carbocycles. The second kappa shape index (κ2) is 9.05. The lowest BCUT2D eigenvalue weighted by atomic mass is 10.1. The first-order chi connectivity index (χ1) is 10.8. The monoisotopic (exact) mass is 313 g/mol. The molecule has 0 aliphatic heterocycles. The molecule has 116 valence electrons. The number of benzene rings is 2. The summed E-state index contributed by atoms with van der Waals surface area (Å²) in [5.41, 5.74) is 2.20. The molecular weight excluding hydrogens is 290 g/mol. The molecule has 4 heteroatoms. The summed E-state index contributed by atoms with van der Waals surface area (Å²) in [5.74, 6) is 0. The number of hydrogen-bond donors (Lipinski definition) is 3. The number of para-hydroxylation sites is 1. The number of hydrogen-bond acceptors (Lipinski definition) is 2. The van der Waals surface area contributed by atoms with Crippen LogP contribution < -0.4 is 16.0 Å². The highest BCUT2D eigenvalue weighted by atomic mass is 32.1. The van der Waals surface area contributed by atoms with Crippen LogP contribution in [0.5, 0.6) is 0 Å². The van der Waals surface area contributed by atoms with Crippen LogP contribution in [0.25, 0.3) is 0 Å². The Morgan fingerprint density at radius 3 is 2.27 bits per heavy atom. The molecule has 0 spiro atoms. The van der Waals surface area contributed by atoms with Crippen LogP contribution in [0.15, 0.2) is 60.7 Å². The second-order valence-electron chi connectivity index (χ2n) is 5.11. The van der Waals surface area contributed by atoms with Gasteiger partial charge in [0.05, 0.1) is 0 Å². The van der Waals surface area contributed by atoms with Crippen molar-refractivity contribution in [3.8, 4) is 0 Å². The van der Waals surface area contributed by atoms with Gasteiger partial charge >= 0.3 is 0 Å². The lowest BCUT2D eigenvalue weighted by molar-refractivity contribution is 0.693. The van der Waals surface area contributed by atoms with Crippen molar-refractivity contribution < 1.29 is 0 Å². The van der Waals surface area contributed by atoms with E-state index in [1.807, 2.05) is 48.5 Å². The van der Waals surface area contributed by atoms with Gasteiger partial charge in [0.2, 0.25) is 0 Å².